The van der Waals surface area contributed by atoms with Crippen LogP contribution in [-0.4, -0.2) is 11.9 Å². The van der Waals surface area contributed by atoms with Gasteiger partial charge in [0.15, 0.2) is 0 Å². The van der Waals surface area contributed by atoms with Crippen molar-refractivity contribution in [2.24, 2.45) is 5.73 Å². The van der Waals surface area contributed by atoms with Crippen LogP contribution in [-0.2, 0) is 11.2 Å². The Kier molecular flexibility index (Phi) is 5.48. The summed E-state index contributed by atoms with van der Waals surface area (Å²) in [6.45, 7) is 0. The lowest BCUT2D eigenvalue weighted by molar-refractivity contribution is -0.117. The maximum Gasteiger partial charge on any atom is 0.241 e. The molecule has 2 rings (SSSR count). The summed E-state index contributed by atoms with van der Waals surface area (Å²) >= 11 is 17.9. The molecule has 0 spiro atoms. The zero-order chi connectivity index (χ0) is 15.4. The molecule has 3 nitrogen and oxygen atoms in total. The molecule has 3 N–H and O–H groups in total. The maximum atomic E-state index is 12.1. The normalized spacial score (nSPS) is 12.0. The topological polar surface area (TPSA) is 55.1 Å². The van der Waals surface area contributed by atoms with Crippen molar-refractivity contribution in [3.63, 3.8) is 0 Å². The fraction of sp³-hybridized carbons (Fsp3) is 0.133. The highest BCUT2D eigenvalue weighted by Gasteiger charge is 2.17. The summed E-state index contributed by atoms with van der Waals surface area (Å²) in [5.74, 6) is -0.357. The van der Waals surface area contributed by atoms with Crippen LogP contribution in [0.2, 0.25) is 15.1 Å². The third-order valence-electron chi connectivity index (χ3n) is 2.89. The number of nitrogens with one attached hydrogen (secondary N) is 1. The number of halogens is 3. The van der Waals surface area contributed by atoms with Crippen LogP contribution in [0.3, 0.4) is 0 Å². The van der Waals surface area contributed by atoms with Crippen molar-refractivity contribution in [1.29, 1.82) is 0 Å². The number of rotatable bonds is 4. The van der Waals surface area contributed by atoms with Gasteiger partial charge in [0.25, 0.3) is 0 Å². The van der Waals surface area contributed by atoms with Gasteiger partial charge < -0.3 is 11.1 Å². The average Bonchev–Trinajstić information content (AvgIpc) is 2.43. The third kappa shape index (κ3) is 4.35. The molecule has 110 valence electrons. The van der Waals surface area contributed by atoms with Crippen molar-refractivity contribution in [2.75, 3.05) is 5.32 Å². The summed E-state index contributed by atoms with van der Waals surface area (Å²) in [6.07, 6.45) is 0.426. The lowest BCUT2D eigenvalue weighted by atomic mass is 10.1. The molecule has 0 saturated carbocycles. The molecule has 0 bridgehead atoms. The molecular weight excluding hydrogens is 331 g/mol. The predicted octanol–water partition coefficient (Wildman–Crippen LogP) is 4.16. The van der Waals surface area contributed by atoms with E-state index in [1.54, 1.807) is 0 Å². The molecule has 0 radical (unpaired) electrons. The molecule has 6 heteroatoms. The molecule has 21 heavy (non-hydrogen) atoms. The highest BCUT2D eigenvalue weighted by atomic mass is 35.5. The number of nitrogens with two attached hydrogens (primary N) is 1. The van der Waals surface area contributed by atoms with E-state index in [2.05, 4.69) is 5.32 Å². The summed E-state index contributed by atoms with van der Waals surface area (Å²) in [7, 11) is 0. The van der Waals surface area contributed by atoms with Gasteiger partial charge in [-0.1, -0.05) is 65.1 Å². The number of benzene rings is 2. The second-order valence-electron chi connectivity index (χ2n) is 4.53. The zero-order valence-corrected chi connectivity index (χ0v) is 13.2. The second kappa shape index (κ2) is 7.14. The molecule has 0 saturated heterocycles. The first kappa shape index (κ1) is 16.1. The number of anilines is 1. The summed E-state index contributed by atoms with van der Waals surface area (Å²) in [6, 6.07) is 11.8. The first-order valence-corrected chi connectivity index (χ1v) is 7.35. The molecule has 0 aliphatic carbocycles. The molecule has 2 aromatic carbocycles. The second-order valence-corrected chi connectivity index (χ2v) is 5.78. The molecule has 0 unspecified atom stereocenters. The van der Waals surface area contributed by atoms with Crippen LogP contribution in [0.5, 0.6) is 0 Å². The quantitative estimate of drug-likeness (QED) is 0.876. The van der Waals surface area contributed by atoms with Gasteiger partial charge in [0.2, 0.25) is 5.91 Å². The lowest BCUT2D eigenvalue weighted by Gasteiger charge is -2.14. The highest BCUT2D eigenvalue weighted by Crippen LogP contribution is 2.33. The first-order chi connectivity index (χ1) is 9.97. The molecule has 1 amide bonds. The fourth-order valence-electron chi connectivity index (χ4n) is 1.84. The molecule has 0 heterocycles. The molecule has 0 fully saturated rings. The summed E-state index contributed by atoms with van der Waals surface area (Å²) in [5, 5.41) is 3.58. The number of hydrogen-bond donors (Lipinski definition) is 2. The van der Waals surface area contributed by atoms with Crippen molar-refractivity contribution in [3.05, 3.63) is 63.1 Å². The Hall–Kier alpha value is -1.26. The smallest absolute Gasteiger partial charge is 0.241 e. The van der Waals surface area contributed by atoms with Crippen molar-refractivity contribution in [2.45, 2.75) is 12.5 Å². The third-order valence-corrected chi connectivity index (χ3v) is 3.70. The van der Waals surface area contributed by atoms with Crippen molar-refractivity contribution >= 4 is 46.4 Å². The molecular formula is C15H13Cl3N2O. The summed E-state index contributed by atoms with van der Waals surface area (Å²) in [5.41, 5.74) is 7.20. The zero-order valence-electron chi connectivity index (χ0n) is 10.9. The van der Waals surface area contributed by atoms with Crippen LogP contribution in [0.4, 0.5) is 5.69 Å². The number of carbonyl (C=O) groups excluding carboxylic acids is 1. The molecule has 1 atom stereocenters. The first-order valence-electron chi connectivity index (χ1n) is 6.22. The standard InChI is InChI=1S/C15H13Cl3N2O/c16-10-7-11(17)14(12(18)8-10)20-15(21)13(19)6-9-4-2-1-3-5-9/h1-5,7-8,13H,6,19H2,(H,20,21)/t13-/m1/s1. The number of carbonyl (C=O) groups is 1. The van der Waals surface area contributed by atoms with Crippen LogP contribution < -0.4 is 11.1 Å². The largest absolute Gasteiger partial charge is 0.322 e. The minimum atomic E-state index is -0.699. The Morgan fingerprint density at radius 3 is 2.24 bits per heavy atom. The maximum absolute atomic E-state index is 12.1. The number of hydrogen-bond acceptors (Lipinski definition) is 2. The van der Waals surface area contributed by atoms with Crippen LogP contribution in [0.1, 0.15) is 5.56 Å². The Bertz CT molecular complexity index is 624. The van der Waals surface area contributed by atoms with Crippen LogP contribution in [0.15, 0.2) is 42.5 Å². The minimum absolute atomic E-state index is 0.271. The van der Waals surface area contributed by atoms with Crippen molar-refractivity contribution < 1.29 is 4.79 Å². The monoisotopic (exact) mass is 342 g/mol. The van der Waals surface area contributed by atoms with Gasteiger partial charge in [-0.2, -0.15) is 0 Å². The van der Waals surface area contributed by atoms with Crippen LogP contribution >= 0.6 is 34.8 Å². The van der Waals surface area contributed by atoms with E-state index in [0.717, 1.165) is 5.56 Å². The Morgan fingerprint density at radius 2 is 1.67 bits per heavy atom. The Labute approximate surface area is 138 Å². The average molecular weight is 344 g/mol. The highest BCUT2D eigenvalue weighted by molar-refractivity contribution is 6.42. The molecule has 0 aliphatic rings. The van der Waals surface area contributed by atoms with E-state index in [4.69, 9.17) is 40.5 Å². The van der Waals surface area contributed by atoms with Gasteiger partial charge in [0.05, 0.1) is 21.8 Å². The van der Waals surface area contributed by atoms with Gasteiger partial charge in [-0.15, -0.1) is 0 Å². The predicted molar refractivity (Wildman–Crippen MR) is 88.2 cm³/mol. The Morgan fingerprint density at radius 1 is 1.10 bits per heavy atom. The van der Waals surface area contributed by atoms with E-state index in [1.165, 1.54) is 12.1 Å². The van der Waals surface area contributed by atoms with E-state index in [0.29, 0.717) is 17.1 Å². The van der Waals surface area contributed by atoms with E-state index in [-0.39, 0.29) is 16.0 Å². The van der Waals surface area contributed by atoms with E-state index < -0.39 is 6.04 Å². The van der Waals surface area contributed by atoms with Gasteiger partial charge in [-0.3, -0.25) is 4.79 Å². The number of amides is 1. The SMILES string of the molecule is N[C@H](Cc1ccccc1)C(=O)Nc1c(Cl)cc(Cl)cc1Cl. The summed E-state index contributed by atoms with van der Waals surface area (Å²) < 4.78 is 0. The van der Waals surface area contributed by atoms with Crippen LogP contribution in [0, 0.1) is 0 Å². The minimum Gasteiger partial charge on any atom is -0.322 e. The lowest BCUT2D eigenvalue weighted by Crippen LogP contribution is -2.37. The van der Waals surface area contributed by atoms with Gasteiger partial charge >= 0.3 is 0 Å². The fourth-order valence-corrected chi connectivity index (χ4v) is 2.75. The van der Waals surface area contributed by atoms with Crippen LogP contribution in [0.25, 0.3) is 0 Å². The molecule has 0 aliphatic heterocycles. The van der Waals surface area contributed by atoms with E-state index >= 15 is 0 Å². The van der Waals surface area contributed by atoms with Gasteiger partial charge in [-0.05, 0) is 24.1 Å². The van der Waals surface area contributed by atoms with Crippen molar-refractivity contribution in [1.82, 2.24) is 0 Å². The Balaban J connectivity index is 2.08. The van der Waals surface area contributed by atoms with E-state index in [9.17, 15) is 4.79 Å². The van der Waals surface area contributed by atoms with Crippen molar-refractivity contribution in [3.8, 4) is 0 Å². The van der Waals surface area contributed by atoms with Gasteiger partial charge in [-0.25, -0.2) is 0 Å². The van der Waals surface area contributed by atoms with Gasteiger partial charge in [0, 0.05) is 5.02 Å². The van der Waals surface area contributed by atoms with Gasteiger partial charge in [0.1, 0.15) is 0 Å². The summed E-state index contributed by atoms with van der Waals surface area (Å²) in [4.78, 5) is 12.1. The molecule has 2 aromatic rings. The molecule has 0 aromatic heterocycles. The van der Waals surface area contributed by atoms with E-state index in [1.807, 2.05) is 30.3 Å².